The molecule has 0 aliphatic carbocycles. The number of hydrogen-bond donors (Lipinski definition) is 1. The predicted octanol–water partition coefficient (Wildman–Crippen LogP) is 3.04. The first-order valence-corrected chi connectivity index (χ1v) is 7.02. The van der Waals surface area contributed by atoms with E-state index in [0.717, 1.165) is 23.8 Å². The van der Waals surface area contributed by atoms with Crippen molar-refractivity contribution in [2.24, 2.45) is 0 Å². The highest BCUT2D eigenvalue weighted by Crippen LogP contribution is 2.19. The molecular formula is C13H23N3S. The molecule has 1 heterocycles. The van der Waals surface area contributed by atoms with Crippen molar-refractivity contribution in [2.75, 3.05) is 6.54 Å². The number of rotatable bonds is 6. The summed E-state index contributed by atoms with van der Waals surface area (Å²) in [4.78, 5) is 8.67. The van der Waals surface area contributed by atoms with Crippen LogP contribution in [-0.2, 0) is 0 Å². The Labute approximate surface area is 109 Å². The van der Waals surface area contributed by atoms with Crippen molar-refractivity contribution in [3.8, 4) is 0 Å². The van der Waals surface area contributed by atoms with Gasteiger partial charge >= 0.3 is 0 Å². The Morgan fingerprint density at radius 2 is 2.18 bits per heavy atom. The second kappa shape index (κ2) is 6.36. The molecule has 1 rings (SSSR count). The summed E-state index contributed by atoms with van der Waals surface area (Å²) in [5.41, 5.74) is 1.24. The summed E-state index contributed by atoms with van der Waals surface area (Å²) < 4.78 is 0. The summed E-state index contributed by atoms with van der Waals surface area (Å²) in [5.74, 6) is 0. The van der Waals surface area contributed by atoms with E-state index in [0.29, 0.717) is 5.25 Å². The average molecular weight is 253 g/mol. The quantitative estimate of drug-likeness (QED) is 0.624. The maximum atomic E-state index is 4.40. The van der Waals surface area contributed by atoms with E-state index >= 15 is 0 Å². The Hall–Kier alpha value is -0.610. The lowest BCUT2D eigenvalue weighted by atomic mass is 10.0. The third-order valence-electron chi connectivity index (χ3n) is 2.83. The van der Waals surface area contributed by atoms with Crippen LogP contribution in [0.1, 0.15) is 39.8 Å². The number of nitrogens with one attached hydrogen (secondary N) is 1. The van der Waals surface area contributed by atoms with E-state index in [1.807, 2.05) is 19.2 Å². The van der Waals surface area contributed by atoms with Crippen LogP contribution >= 0.6 is 11.8 Å². The first kappa shape index (κ1) is 14.5. The molecule has 1 N–H and O–H groups in total. The van der Waals surface area contributed by atoms with Gasteiger partial charge in [0.05, 0.1) is 0 Å². The summed E-state index contributed by atoms with van der Waals surface area (Å²) in [6.07, 6.45) is 2.95. The molecule has 1 aromatic rings. The summed E-state index contributed by atoms with van der Waals surface area (Å²) >= 11 is 1.72. The molecule has 0 saturated heterocycles. The van der Waals surface area contributed by atoms with Crippen LogP contribution in [0.2, 0.25) is 0 Å². The minimum absolute atomic E-state index is 0.211. The molecule has 0 aliphatic rings. The predicted molar refractivity (Wildman–Crippen MR) is 74.5 cm³/mol. The minimum atomic E-state index is 0.211. The Morgan fingerprint density at radius 3 is 2.76 bits per heavy atom. The highest BCUT2D eigenvalue weighted by atomic mass is 32.2. The molecule has 0 aliphatic heterocycles. The van der Waals surface area contributed by atoms with Crippen LogP contribution in [0.5, 0.6) is 0 Å². The summed E-state index contributed by atoms with van der Waals surface area (Å²) in [6, 6.07) is 1.92. The van der Waals surface area contributed by atoms with Gasteiger partial charge in [-0.1, -0.05) is 25.6 Å². The fraction of sp³-hybridized carbons (Fsp3) is 0.692. The maximum Gasteiger partial charge on any atom is 0.188 e. The molecular weight excluding hydrogens is 230 g/mol. The van der Waals surface area contributed by atoms with Gasteiger partial charge in [0.15, 0.2) is 5.16 Å². The van der Waals surface area contributed by atoms with Crippen molar-refractivity contribution in [1.82, 2.24) is 15.3 Å². The molecule has 1 aromatic heterocycles. The third-order valence-corrected chi connectivity index (χ3v) is 3.81. The molecule has 3 nitrogen and oxygen atoms in total. The van der Waals surface area contributed by atoms with Crippen LogP contribution in [0.25, 0.3) is 0 Å². The molecule has 1 atom stereocenters. The maximum absolute atomic E-state index is 4.40. The first-order valence-electron chi connectivity index (χ1n) is 6.14. The van der Waals surface area contributed by atoms with Crippen LogP contribution in [0, 0.1) is 6.92 Å². The molecule has 1 unspecified atom stereocenters. The van der Waals surface area contributed by atoms with Gasteiger partial charge in [0, 0.05) is 29.2 Å². The zero-order chi connectivity index (χ0) is 12.9. The number of thioether (sulfide) groups is 1. The lowest BCUT2D eigenvalue weighted by molar-refractivity contribution is 0.379. The zero-order valence-corrected chi connectivity index (χ0v) is 12.3. The standard InChI is InChI=1S/C13H23N3S/c1-6-13(4,5)15-9-11(3)17-12-14-8-7-10(2)16-12/h7-8,11,15H,6,9H2,1-5H3. The molecule has 0 bridgehead atoms. The molecule has 0 amide bonds. The second-order valence-corrected chi connectivity index (χ2v) is 6.43. The molecule has 0 aromatic carbocycles. The largest absolute Gasteiger partial charge is 0.311 e. The average Bonchev–Trinajstić information content (AvgIpc) is 2.27. The third kappa shape index (κ3) is 5.50. The smallest absolute Gasteiger partial charge is 0.188 e. The molecule has 17 heavy (non-hydrogen) atoms. The van der Waals surface area contributed by atoms with Gasteiger partial charge in [0.1, 0.15) is 0 Å². The van der Waals surface area contributed by atoms with E-state index in [9.17, 15) is 0 Å². The van der Waals surface area contributed by atoms with Crippen LogP contribution in [0.4, 0.5) is 0 Å². The van der Waals surface area contributed by atoms with Gasteiger partial charge in [-0.05, 0) is 33.3 Å². The number of aromatic nitrogens is 2. The summed E-state index contributed by atoms with van der Waals surface area (Å²) in [5, 5.41) is 4.91. The molecule has 0 saturated carbocycles. The Kier molecular flexibility index (Phi) is 5.40. The van der Waals surface area contributed by atoms with E-state index in [4.69, 9.17) is 0 Å². The SMILES string of the molecule is CCC(C)(C)NCC(C)Sc1nccc(C)n1. The highest BCUT2D eigenvalue weighted by Gasteiger charge is 2.16. The van der Waals surface area contributed by atoms with Crippen LogP contribution < -0.4 is 5.32 Å². The first-order chi connectivity index (χ1) is 7.93. The van der Waals surface area contributed by atoms with Crippen LogP contribution in [-0.4, -0.2) is 27.3 Å². The molecule has 4 heteroatoms. The molecule has 0 spiro atoms. The Balaban J connectivity index is 2.42. The lowest BCUT2D eigenvalue weighted by Gasteiger charge is -2.26. The topological polar surface area (TPSA) is 37.8 Å². The zero-order valence-electron chi connectivity index (χ0n) is 11.4. The number of aryl methyl sites for hydroxylation is 1. The fourth-order valence-electron chi connectivity index (χ4n) is 1.25. The van der Waals surface area contributed by atoms with Gasteiger partial charge in [-0.25, -0.2) is 9.97 Å². The number of hydrogen-bond acceptors (Lipinski definition) is 4. The van der Waals surface area contributed by atoms with Crippen molar-refractivity contribution < 1.29 is 0 Å². The van der Waals surface area contributed by atoms with Crippen molar-refractivity contribution in [2.45, 2.75) is 57.0 Å². The van der Waals surface area contributed by atoms with E-state index in [1.54, 1.807) is 11.8 Å². The van der Waals surface area contributed by atoms with Crippen LogP contribution in [0.15, 0.2) is 17.4 Å². The summed E-state index contributed by atoms with van der Waals surface area (Å²) in [7, 11) is 0. The van der Waals surface area contributed by atoms with Gasteiger partial charge in [-0.3, -0.25) is 0 Å². The van der Waals surface area contributed by atoms with E-state index < -0.39 is 0 Å². The highest BCUT2D eigenvalue weighted by molar-refractivity contribution is 7.99. The molecule has 96 valence electrons. The fourth-order valence-corrected chi connectivity index (χ4v) is 2.09. The lowest BCUT2D eigenvalue weighted by Crippen LogP contribution is -2.41. The van der Waals surface area contributed by atoms with Crippen molar-refractivity contribution in [1.29, 1.82) is 0 Å². The molecule has 0 fully saturated rings. The Bertz CT molecular complexity index is 352. The van der Waals surface area contributed by atoms with Crippen molar-refractivity contribution >= 4 is 11.8 Å². The Morgan fingerprint density at radius 1 is 1.47 bits per heavy atom. The van der Waals surface area contributed by atoms with Crippen molar-refractivity contribution in [3.63, 3.8) is 0 Å². The van der Waals surface area contributed by atoms with Crippen molar-refractivity contribution in [3.05, 3.63) is 18.0 Å². The van der Waals surface area contributed by atoms with Gasteiger partial charge < -0.3 is 5.32 Å². The van der Waals surface area contributed by atoms with Crippen LogP contribution in [0.3, 0.4) is 0 Å². The monoisotopic (exact) mass is 253 g/mol. The van der Waals surface area contributed by atoms with E-state index in [-0.39, 0.29) is 5.54 Å². The van der Waals surface area contributed by atoms with E-state index in [2.05, 4.69) is 43.0 Å². The van der Waals surface area contributed by atoms with E-state index in [1.165, 1.54) is 0 Å². The second-order valence-electron chi connectivity index (χ2n) is 5.03. The van der Waals surface area contributed by atoms with Gasteiger partial charge in [0.2, 0.25) is 0 Å². The van der Waals surface area contributed by atoms with Gasteiger partial charge in [-0.2, -0.15) is 0 Å². The summed E-state index contributed by atoms with van der Waals surface area (Å²) in [6.45, 7) is 11.8. The number of nitrogens with zero attached hydrogens (tertiary/aromatic N) is 2. The van der Waals surface area contributed by atoms with Gasteiger partial charge in [0.25, 0.3) is 0 Å². The van der Waals surface area contributed by atoms with Gasteiger partial charge in [-0.15, -0.1) is 0 Å². The minimum Gasteiger partial charge on any atom is -0.311 e. The normalized spacial score (nSPS) is 13.7. The molecule has 0 radical (unpaired) electrons.